The molecule has 18 heavy (non-hydrogen) atoms. The van der Waals surface area contributed by atoms with Crippen LogP contribution in [0.1, 0.15) is 32.4 Å². The summed E-state index contributed by atoms with van der Waals surface area (Å²) in [6.45, 7) is 7.04. The number of fused-ring (bicyclic) bond motifs is 1. The first-order valence-electron chi connectivity index (χ1n) is 6.47. The minimum atomic E-state index is 0.781. The van der Waals surface area contributed by atoms with Crippen LogP contribution in [0.4, 0.5) is 0 Å². The third kappa shape index (κ3) is 2.72. The third-order valence-corrected chi connectivity index (χ3v) is 3.83. The first-order valence-corrected chi connectivity index (χ1v) is 7.64. The molecule has 0 spiro atoms. The van der Waals surface area contributed by atoms with Gasteiger partial charge in [0.2, 0.25) is 0 Å². The van der Waals surface area contributed by atoms with Crippen LogP contribution in [-0.2, 0) is 6.54 Å². The molecular weight excluding hydrogens is 312 g/mol. The largest absolute Gasteiger partial charge is 0.264 e. The molecule has 2 nitrogen and oxygen atoms in total. The van der Waals surface area contributed by atoms with Gasteiger partial charge in [0.15, 0.2) is 0 Å². The Kier molecular flexibility index (Phi) is 4.33. The van der Waals surface area contributed by atoms with Crippen molar-refractivity contribution in [3.8, 4) is 0 Å². The van der Waals surface area contributed by atoms with E-state index < -0.39 is 0 Å². The molecule has 0 bridgehead atoms. The van der Waals surface area contributed by atoms with Gasteiger partial charge in [0.25, 0.3) is 0 Å². The Morgan fingerprint density at radius 2 is 2.06 bits per heavy atom. The Hall–Kier alpha value is -0.540. The number of aromatic nitrogens is 2. The minimum absolute atomic E-state index is 0.781. The van der Waals surface area contributed by atoms with Crippen LogP contribution >= 0.6 is 27.5 Å². The summed E-state index contributed by atoms with van der Waals surface area (Å²) in [5.41, 5.74) is 2.16. The van der Waals surface area contributed by atoms with E-state index >= 15 is 0 Å². The molecule has 98 valence electrons. The first kappa shape index (κ1) is 13.9. The van der Waals surface area contributed by atoms with Crippen molar-refractivity contribution in [1.29, 1.82) is 0 Å². The molecule has 0 unspecified atom stereocenters. The molecule has 1 fully saturated rings. The molecule has 0 amide bonds. The Labute approximate surface area is 121 Å². The minimum Gasteiger partial charge on any atom is -0.264 e. The second-order valence-electron chi connectivity index (χ2n) is 4.49. The molecule has 4 heteroatoms. The highest BCUT2D eigenvalue weighted by molar-refractivity contribution is 9.10. The van der Waals surface area contributed by atoms with Crippen LogP contribution in [0.3, 0.4) is 0 Å². The molecule has 1 aromatic carbocycles. The first-order chi connectivity index (χ1) is 8.65. The predicted molar refractivity (Wildman–Crippen MR) is 81.3 cm³/mol. The molecule has 0 N–H and O–H groups in total. The Morgan fingerprint density at radius 1 is 1.39 bits per heavy atom. The van der Waals surface area contributed by atoms with Gasteiger partial charge in [0.05, 0.1) is 16.2 Å². The van der Waals surface area contributed by atoms with Crippen molar-refractivity contribution < 1.29 is 0 Å². The summed E-state index contributed by atoms with van der Waals surface area (Å²) in [5.74, 6) is 0.820. The lowest BCUT2D eigenvalue weighted by Gasteiger charge is -2.02. The number of halogens is 2. The molecule has 0 saturated heterocycles. The maximum absolute atomic E-state index is 6.25. The molecule has 1 aliphatic carbocycles. The van der Waals surface area contributed by atoms with Gasteiger partial charge in [-0.05, 0) is 37.8 Å². The fraction of sp³-hybridized carbons (Fsp3) is 0.500. The van der Waals surface area contributed by atoms with Crippen LogP contribution in [0.2, 0.25) is 5.02 Å². The van der Waals surface area contributed by atoms with Gasteiger partial charge >= 0.3 is 0 Å². The SMILES string of the molecule is CC.Cc1nn(CC2CC2)c2cc(Br)cc(Cl)c12. The average Bonchev–Trinajstić information content (AvgIpc) is 3.08. The maximum Gasteiger partial charge on any atom is 0.0711 e. The number of nitrogens with zero attached hydrogens (tertiary/aromatic N) is 2. The van der Waals surface area contributed by atoms with Crippen molar-refractivity contribution in [1.82, 2.24) is 9.78 Å². The summed E-state index contributed by atoms with van der Waals surface area (Å²) >= 11 is 9.73. The lowest BCUT2D eigenvalue weighted by molar-refractivity contribution is 0.576. The molecule has 1 heterocycles. The molecule has 0 atom stereocenters. The van der Waals surface area contributed by atoms with Gasteiger partial charge in [-0.15, -0.1) is 0 Å². The highest BCUT2D eigenvalue weighted by atomic mass is 79.9. The number of hydrogen-bond acceptors (Lipinski definition) is 1. The summed E-state index contributed by atoms with van der Waals surface area (Å²) < 4.78 is 3.11. The van der Waals surface area contributed by atoms with E-state index in [1.165, 1.54) is 12.8 Å². The molecule has 2 aromatic rings. The summed E-state index contributed by atoms with van der Waals surface area (Å²) in [5, 5.41) is 6.45. The van der Waals surface area contributed by atoms with E-state index in [0.717, 1.165) is 38.6 Å². The normalized spacial score (nSPS) is 14.5. The standard InChI is InChI=1S/C12H12BrClN2.C2H6/c1-7-12-10(14)4-9(13)5-11(12)16(15-7)6-8-2-3-8;1-2/h4-5,8H,2-3,6H2,1H3;1-2H3. The van der Waals surface area contributed by atoms with Crippen LogP contribution in [0.25, 0.3) is 10.9 Å². The second-order valence-corrected chi connectivity index (χ2v) is 5.82. The number of benzene rings is 1. The zero-order valence-corrected chi connectivity index (χ0v) is 13.3. The van der Waals surface area contributed by atoms with E-state index in [2.05, 4.69) is 31.8 Å². The summed E-state index contributed by atoms with van der Waals surface area (Å²) in [6.07, 6.45) is 2.67. The zero-order chi connectivity index (χ0) is 13.3. The van der Waals surface area contributed by atoms with E-state index in [9.17, 15) is 0 Å². The quantitative estimate of drug-likeness (QED) is 0.740. The van der Waals surface area contributed by atoms with Crippen molar-refractivity contribution in [3.63, 3.8) is 0 Å². The molecule has 3 rings (SSSR count). The summed E-state index contributed by atoms with van der Waals surface area (Å²) in [7, 11) is 0. The third-order valence-electron chi connectivity index (χ3n) is 3.07. The number of aryl methyl sites for hydroxylation is 1. The van der Waals surface area contributed by atoms with Crippen LogP contribution in [0, 0.1) is 12.8 Å². The smallest absolute Gasteiger partial charge is 0.0711 e. The van der Waals surface area contributed by atoms with Crippen molar-refractivity contribution in [2.45, 2.75) is 40.2 Å². The lowest BCUT2D eigenvalue weighted by Crippen LogP contribution is -2.01. The molecule has 1 saturated carbocycles. The van der Waals surface area contributed by atoms with Gasteiger partial charge in [-0.3, -0.25) is 4.68 Å². The average molecular weight is 330 g/mol. The van der Waals surface area contributed by atoms with Crippen molar-refractivity contribution in [2.24, 2.45) is 5.92 Å². The summed E-state index contributed by atoms with van der Waals surface area (Å²) in [4.78, 5) is 0. The van der Waals surface area contributed by atoms with E-state index in [1.807, 2.05) is 26.8 Å². The number of hydrogen-bond donors (Lipinski definition) is 0. The van der Waals surface area contributed by atoms with E-state index in [1.54, 1.807) is 0 Å². The van der Waals surface area contributed by atoms with E-state index in [0.29, 0.717) is 0 Å². The van der Waals surface area contributed by atoms with E-state index in [4.69, 9.17) is 11.6 Å². The monoisotopic (exact) mass is 328 g/mol. The zero-order valence-electron chi connectivity index (χ0n) is 11.0. The van der Waals surface area contributed by atoms with Crippen LogP contribution in [0.15, 0.2) is 16.6 Å². The fourth-order valence-electron chi connectivity index (χ4n) is 2.09. The molecule has 1 aliphatic rings. The Bertz CT molecular complexity index is 558. The molecule has 1 aromatic heterocycles. The predicted octanol–water partition coefficient (Wildman–Crippen LogP) is 5.20. The van der Waals surface area contributed by atoms with Crippen molar-refractivity contribution >= 4 is 38.4 Å². The second kappa shape index (κ2) is 5.62. The number of rotatable bonds is 2. The molecular formula is C14H18BrClN2. The van der Waals surface area contributed by atoms with Gasteiger partial charge in [0, 0.05) is 16.4 Å². The highest BCUT2D eigenvalue weighted by Crippen LogP contribution is 2.34. The van der Waals surface area contributed by atoms with Crippen LogP contribution in [0.5, 0.6) is 0 Å². The fourth-order valence-corrected chi connectivity index (χ4v) is 3.02. The topological polar surface area (TPSA) is 17.8 Å². The Balaban J connectivity index is 0.000000574. The van der Waals surface area contributed by atoms with Gasteiger partial charge in [0.1, 0.15) is 0 Å². The van der Waals surface area contributed by atoms with Crippen molar-refractivity contribution in [2.75, 3.05) is 0 Å². The lowest BCUT2D eigenvalue weighted by atomic mass is 10.2. The van der Waals surface area contributed by atoms with Gasteiger partial charge in [-0.2, -0.15) is 5.10 Å². The maximum atomic E-state index is 6.25. The van der Waals surface area contributed by atoms with Crippen LogP contribution < -0.4 is 0 Å². The van der Waals surface area contributed by atoms with Gasteiger partial charge in [-0.1, -0.05) is 41.4 Å². The summed E-state index contributed by atoms with van der Waals surface area (Å²) in [6, 6.07) is 4.03. The molecule has 0 aliphatic heterocycles. The van der Waals surface area contributed by atoms with Gasteiger partial charge in [-0.25, -0.2) is 0 Å². The van der Waals surface area contributed by atoms with Gasteiger partial charge < -0.3 is 0 Å². The van der Waals surface area contributed by atoms with E-state index in [-0.39, 0.29) is 0 Å². The van der Waals surface area contributed by atoms with Crippen LogP contribution in [-0.4, -0.2) is 9.78 Å². The molecule has 0 radical (unpaired) electrons. The highest BCUT2D eigenvalue weighted by Gasteiger charge is 2.23. The van der Waals surface area contributed by atoms with Crippen molar-refractivity contribution in [3.05, 3.63) is 27.3 Å². The Morgan fingerprint density at radius 3 is 2.67 bits per heavy atom.